The maximum absolute atomic E-state index is 8.94. The summed E-state index contributed by atoms with van der Waals surface area (Å²) in [6, 6.07) is 7.46. The molecule has 1 unspecified atom stereocenters. The second kappa shape index (κ2) is 6.19. The van der Waals surface area contributed by atoms with Crippen molar-refractivity contribution in [2.45, 2.75) is 13.0 Å². The van der Waals surface area contributed by atoms with E-state index in [9.17, 15) is 0 Å². The normalized spacial score (nSPS) is 12.9. The SMILES string of the molecule is CC(c1ncc(-c2ccc(Cl)cc2)o1)N(C)CCO. The van der Waals surface area contributed by atoms with Crippen molar-refractivity contribution in [2.75, 3.05) is 20.2 Å². The van der Waals surface area contributed by atoms with Gasteiger partial charge in [-0.3, -0.25) is 4.90 Å². The molecular formula is C14H17ClN2O2. The summed E-state index contributed by atoms with van der Waals surface area (Å²) in [7, 11) is 1.92. The van der Waals surface area contributed by atoms with Gasteiger partial charge in [-0.1, -0.05) is 11.6 Å². The largest absolute Gasteiger partial charge is 0.439 e. The van der Waals surface area contributed by atoms with Crippen LogP contribution in [0.4, 0.5) is 0 Å². The van der Waals surface area contributed by atoms with Gasteiger partial charge in [0.1, 0.15) is 0 Å². The lowest BCUT2D eigenvalue weighted by Gasteiger charge is -2.20. The van der Waals surface area contributed by atoms with E-state index in [1.165, 1.54) is 0 Å². The first kappa shape index (κ1) is 14.1. The second-order valence-corrected chi connectivity index (χ2v) is 4.89. The van der Waals surface area contributed by atoms with Crippen molar-refractivity contribution >= 4 is 11.6 Å². The molecule has 0 saturated carbocycles. The fourth-order valence-electron chi connectivity index (χ4n) is 1.77. The Balaban J connectivity index is 2.16. The Morgan fingerprint density at radius 3 is 2.68 bits per heavy atom. The van der Waals surface area contributed by atoms with Gasteiger partial charge in [-0.05, 0) is 38.2 Å². The molecule has 0 aliphatic carbocycles. The lowest BCUT2D eigenvalue weighted by atomic mass is 10.2. The van der Waals surface area contributed by atoms with Crippen molar-refractivity contribution in [1.82, 2.24) is 9.88 Å². The minimum atomic E-state index is 0.0215. The summed E-state index contributed by atoms with van der Waals surface area (Å²) in [6.07, 6.45) is 1.71. The summed E-state index contributed by atoms with van der Waals surface area (Å²) in [5.74, 6) is 1.36. The molecule has 0 saturated heterocycles. The monoisotopic (exact) mass is 280 g/mol. The number of halogens is 1. The number of aliphatic hydroxyl groups is 1. The molecule has 1 N–H and O–H groups in total. The van der Waals surface area contributed by atoms with Crippen LogP contribution in [0.3, 0.4) is 0 Å². The molecule has 2 aromatic rings. The minimum Gasteiger partial charge on any atom is -0.439 e. The molecule has 4 nitrogen and oxygen atoms in total. The van der Waals surface area contributed by atoms with E-state index in [-0.39, 0.29) is 12.6 Å². The Kier molecular flexibility index (Phi) is 4.58. The average molecular weight is 281 g/mol. The first-order valence-corrected chi connectivity index (χ1v) is 6.52. The Morgan fingerprint density at radius 2 is 2.05 bits per heavy atom. The topological polar surface area (TPSA) is 49.5 Å². The number of oxazole rings is 1. The van der Waals surface area contributed by atoms with E-state index in [2.05, 4.69) is 4.98 Å². The molecule has 0 aliphatic rings. The minimum absolute atomic E-state index is 0.0215. The lowest BCUT2D eigenvalue weighted by molar-refractivity contribution is 0.172. The van der Waals surface area contributed by atoms with E-state index in [1.54, 1.807) is 6.20 Å². The lowest BCUT2D eigenvalue weighted by Crippen LogP contribution is -2.25. The predicted octanol–water partition coefficient (Wildman–Crippen LogP) is 2.98. The fraction of sp³-hybridized carbons (Fsp3) is 0.357. The Labute approximate surface area is 117 Å². The van der Waals surface area contributed by atoms with Gasteiger partial charge >= 0.3 is 0 Å². The highest BCUT2D eigenvalue weighted by Gasteiger charge is 2.17. The molecule has 0 spiro atoms. The molecule has 1 heterocycles. The van der Waals surface area contributed by atoms with Gasteiger partial charge in [-0.15, -0.1) is 0 Å². The third-order valence-electron chi connectivity index (χ3n) is 3.12. The number of likely N-dealkylation sites (N-methyl/N-ethyl adjacent to an activating group) is 1. The number of aliphatic hydroxyl groups excluding tert-OH is 1. The molecule has 1 atom stereocenters. The van der Waals surface area contributed by atoms with Crippen molar-refractivity contribution in [2.24, 2.45) is 0 Å². The van der Waals surface area contributed by atoms with Gasteiger partial charge in [0.25, 0.3) is 0 Å². The highest BCUT2D eigenvalue weighted by molar-refractivity contribution is 6.30. The van der Waals surface area contributed by atoms with Crippen LogP contribution in [0.2, 0.25) is 5.02 Å². The van der Waals surface area contributed by atoms with Gasteiger partial charge in [0.05, 0.1) is 18.8 Å². The quantitative estimate of drug-likeness (QED) is 0.915. The molecule has 2 rings (SSSR count). The predicted molar refractivity (Wildman–Crippen MR) is 75.1 cm³/mol. The van der Waals surface area contributed by atoms with Gasteiger partial charge in [-0.2, -0.15) is 0 Å². The third-order valence-corrected chi connectivity index (χ3v) is 3.38. The van der Waals surface area contributed by atoms with Crippen LogP contribution in [0.1, 0.15) is 18.9 Å². The van der Waals surface area contributed by atoms with Crippen LogP contribution >= 0.6 is 11.6 Å². The zero-order chi connectivity index (χ0) is 13.8. The van der Waals surface area contributed by atoms with Crippen molar-refractivity contribution in [3.63, 3.8) is 0 Å². The number of rotatable bonds is 5. The van der Waals surface area contributed by atoms with Gasteiger partial charge in [0.15, 0.2) is 5.76 Å². The molecule has 0 amide bonds. The molecule has 0 aliphatic heterocycles. The van der Waals surface area contributed by atoms with E-state index in [0.717, 1.165) is 11.3 Å². The second-order valence-electron chi connectivity index (χ2n) is 4.45. The number of hydrogen-bond acceptors (Lipinski definition) is 4. The number of aromatic nitrogens is 1. The van der Waals surface area contributed by atoms with Crippen molar-refractivity contribution < 1.29 is 9.52 Å². The highest BCUT2D eigenvalue weighted by Crippen LogP contribution is 2.26. The number of hydrogen-bond donors (Lipinski definition) is 1. The van der Waals surface area contributed by atoms with Gasteiger partial charge < -0.3 is 9.52 Å². The van der Waals surface area contributed by atoms with Gasteiger partial charge in [-0.25, -0.2) is 4.98 Å². The first-order valence-electron chi connectivity index (χ1n) is 6.14. The molecule has 0 fully saturated rings. The average Bonchev–Trinajstić information content (AvgIpc) is 2.88. The van der Waals surface area contributed by atoms with Crippen LogP contribution in [0.15, 0.2) is 34.9 Å². The summed E-state index contributed by atoms with van der Waals surface area (Å²) in [5, 5.41) is 9.63. The number of nitrogens with zero attached hydrogens (tertiary/aromatic N) is 2. The zero-order valence-electron chi connectivity index (χ0n) is 11.0. The van der Waals surface area contributed by atoms with E-state index in [1.807, 2.05) is 43.1 Å². The third kappa shape index (κ3) is 3.35. The molecule has 19 heavy (non-hydrogen) atoms. The van der Waals surface area contributed by atoms with Crippen molar-refractivity contribution in [3.8, 4) is 11.3 Å². The van der Waals surface area contributed by atoms with Crippen LogP contribution < -0.4 is 0 Å². The summed E-state index contributed by atoms with van der Waals surface area (Å²) in [4.78, 5) is 6.28. The van der Waals surface area contributed by atoms with E-state index < -0.39 is 0 Å². The zero-order valence-corrected chi connectivity index (χ0v) is 11.8. The standard InChI is InChI=1S/C14H17ClN2O2/c1-10(17(2)7-8-18)14-16-9-13(19-14)11-3-5-12(15)6-4-11/h3-6,9-10,18H,7-8H2,1-2H3. The van der Waals surface area contributed by atoms with E-state index in [0.29, 0.717) is 17.5 Å². The first-order chi connectivity index (χ1) is 9.11. The molecule has 102 valence electrons. The number of benzene rings is 1. The molecule has 1 aromatic heterocycles. The Morgan fingerprint density at radius 1 is 1.37 bits per heavy atom. The molecule has 5 heteroatoms. The maximum atomic E-state index is 8.94. The maximum Gasteiger partial charge on any atom is 0.211 e. The summed E-state index contributed by atoms with van der Waals surface area (Å²) >= 11 is 5.85. The van der Waals surface area contributed by atoms with Crippen molar-refractivity contribution in [3.05, 3.63) is 41.4 Å². The van der Waals surface area contributed by atoms with Crippen LogP contribution in [-0.4, -0.2) is 35.2 Å². The van der Waals surface area contributed by atoms with Crippen LogP contribution in [-0.2, 0) is 0 Å². The Hall–Kier alpha value is -1.36. The van der Waals surface area contributed by atoms with Crippen LogP contribution in [0, 0.1) is 0 Å². The molecule has 0 radical (unpaired) electrons. The highest BCUT2D eigenvalue weighted by atomic mass is 35.5. The van der Waals surface area contributed by atoms with E-state index >= 15 is 0 Å². The Bertz CT molecular complexity index is 524. The smallest absolute Gasteiger partial charge is 0.211 e. The molecular weight excluding hydrogens is 264 g/mol. The molecule has 0 bridgehead atoms. The van der Waals surface area contributed by atoms with Crippen LogP contribution in [0.5, 0.6) is 0 Å². The summed E-state index contributed by atoms with van der Waals surface area (Å²) < 4.78 is 5.76. The fourth-order valence-corrected chi connectivity index (χ4v) is 1.89. The van der Waals surface area contributed by atoms with Crippen LogP contribution in [0.25, 0.3) is 11.3 Å². The van der Waals surface area contributed by atoms with Gasteiger partial charge in [0.2, 0.25) is 5.89 Å². The summed E-state index contributed by atoms with van der Waals surface area (Å²) in [6.45, 7) is 2.69. The summed E-state index contributed by atoms with van der Waals surface area (Å²) in [5.41, 5.74) is 0.945. The van der Waals surface area contributed by atoms with Crippen molar-refractivity contribution in [1.29, 1.82) is 0 Å². The van der Waals surface area contributed by atoms with Gasteiger partial charge in [0, 0.05) is 17.1 Å². The molecule has 1 aromatic carbocycles. The van der Waals surface area contributed by atoms with E-state index in [4.69, 9.17) is 21.1 Å².